The van der Waals surface area contributed by atoms with E-state index in [4.69, 9.17) is 0 Å². The third-order valence-corrected chi connectivity index (χ3v) is 4.69. The standard InChI is InChI=1S/C18H16F2N2O2S/c1-18(2,3)15(23)12(9-21)17-22(4)16(24)14(25-17)7-10-5-6-11(19)8-13(10)20/h5-8H,1-4H3. The highest BCUT2D eigenvalue weighted by atomic mass is 32.1. The average Bonchev–Trinajstić information content (AvgIpc) is 2.78. The molecule has 0 N–H and O–H groups in total. The second-order valence-electron chi connectivity index (χ2n) is 6.51. The third kappa shape index (κ3) is 3.74. The zero-order valence-corrected chi connectivity index (χ0v) is 15.0. The monoisotopic (exact) mass is 362 g/mol. The second kappa shape index (κ2) is 6.73. The van der Waals surface area contributed by atoms with Gasteiger partial charge in [0.2, 0.25) is 0 Å². The largest absolute Gasteiger partial charge is 0.301 e. The van der Waals surface area contributed by atoms with E-state index in [2.05, 4.69) is 0 Å². The van der Waals surface area contributed by atoms with Crippen molar-refractivity contribution in [2.24, 2.45) is 12.5 Å². The first-order valence-corrected chi connectivity index (χ1v) is 8.19. The van der Waals surface area contributed by atoms with Crippen LogP contribution in [0.4, 0.5) is 8.78 Å². The lowest BCUT2D eigenvalue weighted by molar-refractivity contribution is -0.120. The fourth-order valence-electron chi connectivity index (χ4n) is 2.11. The Kier molecular flexibility index (Phi) is 5.04. The number of carbonyl (C=O) groups excluding carboxylic acids is 1. The lowest BCUT2D eigenvalue weighted by Gasteiger charge is -2.15. The van der Waals surface area contributed by atoms with Gasteiger partial charge >= 0.3 is 0 Å². The van der Waals surface area contributed by atoms with Crippen molar-refractivity contribution in [2.45, 2.75) is 20.8 Å². The maximum absolute atomic E-state index is 13.8. The van der Waals surface area contributed by atoms with Gasteiger partial charge in [-0.05, 0) is 18.2 Å². The molecule has 7 heteroatoms. The molecule has 2 rings (SSSR count). The van der Waals surface area contributed by atoms with Crippen molar-refractivity contribution < 1.29 is 13.6 Å². The van der Waals surface area contributed by atoms with Crippen LogP contribution in [0.2, 0.25) is 0 Å². The van der Waals surface area contributed by atoms with Gasteiger partial charge in [0.15, 0.2) is 5.78 Å². The predicted molar refractivity (Wildman–Crippen MR) is 92.2 cm³/mol. The quantitative estimate of drug-likeness (QED) is 0.819. The molecule has 0 aliphatic carbocycles. The zero-order valence-electron chi connectivity index (χ0n) is 14.2. The Morgan fingerprint density at radius 3 is 2.48 bits per heavy atom. The molecular formula is C18H16F2N2O2S. The van der Waals surface area contributed by atoms with Crippen LogP contribution >= 0.6 is 11.3 Å². The summed E-state index contributed by atoms with van der Waals surface area (Å²) in [5.41, 5.74) is -1.31. The number of rotatable bonds is 2. The summed E-state index contributed by atoms with van der Waals surface area (Å²) in [5, 5.41) is 9.37. The van der Waals surface area contributed by atoms with E-state index >= 15 is 0 Å². The number of benzene rings is 1. The van der Waals surface area contributed by atoms with E-state index in [1.807, 2.05) is 6.07 Å². The SMILES string of the molecule is Cn1c(=C(C#N)C(=O)C(C)(C)C)sc(=Cc2ccc(F)cc2F)c1=O. The molecule has 1 heterocycles. The van der Waals surface area contributed by atoms with Gasteiger partial charge in [-0.15, -0.1) is 11.3 Å². The smallest absolute Gasteiger partial charge is 0.268 e. The van der Waals surface area contributed by atoms with Crippen LogP contribution in [-0.2, 0) is 11.8 Å². The molecule has 0 atom stereocenters. The van der Waals surface area contributed by atoms with Gasteiger partial charge in [0.25, 0.3) is 5.56 Å². The van der Waals surface area contributed by atoms with Gasteiger partial charge in [-0.1, -0.05) is 20.8 Å². The summed E-state index contributed by atoms with van der Waals surface area (Å²) in [6, 6.07) is 4.90. The van der Waals surface area contributed by atoms with Gasteiger partial charge in [-0.25, -0.2) is 8.78 Å². The summed E-state index contributed by atoms with van der Waals surface area (Å²) in [6.45, 7) is 5.04. The first-order valence-electron chi connectivity index (χ1n) is 7.38. The van der Waals surface area contributed by atoms with E-state index in [0.717, 1.165) is 23.5 Å². The van der Waals surface area contributed by atoms with Crippen LogP contribution < -0.4 is 14.8 Å². The van der Waals surface area contributed by atoms with E-state index in [-0.39, 0.29) is 26.1 Å². The van der Waals surface area contributed by atoms with Crippen LogP contribution in [0.3, 0.4) is 0 Å². The molecule has 2 aromatic rings. The van der Waals surface area contributed by atoms with Gasteiger partial charge in [-0.3, -0.25) is 9.59 Å². The molecule has 0 aliphatic rings. The Bertz CT molecular complexity index is 1070. The number of ketones is 1. The fourth-order valence-corrected chi connectivity index (χ4v) is 3.19. The van der Waals surface area contributed by atoms with Crippen molar-refractivity contribution in [1.29, 1.82) is 5.26 Å². The highest BCUT2D eigenvalue weighted by Crippen LogP contribution is 2.19. The number of thiazole rings is 1. The van der Waals surface area contributed by atoms with Crippen molar-refractivity contribution >= 4 is 28.8 Å². The van der Waals surface area contributed by atoms with Crippen molar-refractivity contribution in [3.63, 3.8) is 0 Å². The van der Waals surface area contributed by atoms with Crippen LogP contribution in [0.5, 0.6) is 0 Å². The molecule has 0 bridgehead atoms. The minimum atomic E-state index is -0.799. The van der Waals surface area contributed by atoms with Crippen molar-refractivity contribution in [2.75, 3.05) is 0 Å². The minimum absolute atomic E-state index is 0.0487. The van der Waals surface area contributed by atoms with Gasteiger partial charge in [0.05, 0.1) is 4.53 Å². The number of halogens is 2. The molecule has 0 fully saturated rings. The molecule has 0 unspecified atom stereocenters. The minimum Gasteiger partial charge on any atom is -0.301 e. The number of Topliss-reactive ketones (excluding diaryl/α,β-unsaturated/α-hetero) is 1. The molecule has 130 valence electrons. The average molecular weight is 362 g/mol. The van der Waals surface area contributed by atoms with E-state index < -0.39 is 22.6 Å². The maximum atomic E-state index is 13.8. The molecule has 0 radical (unpaired) electrons. The molecule has 0 saturated heterocycles. The molecule has 4 nitrogen and oxygen atoms in total. The van der Waals surface area contributed by atoms with Crippen molar-refractivity contribution in [1.82, 2.24) is 4.57 Å². The molecular weight excluding hydrogens is 346 g/mol. The highest BCUT2D eigenvalue weighted by Gasteiger charge is 2.27. The number of nitrogens with zero attached hydrogens (tertiary/aromatic N) is 2. The number of aromatic nitrogens is 1. The Morgan fingerprint density at radius 2 is 1.96 bits per heavy atom. The number of hydrogen-bond acceptors (Lipinski definition) is 4. The fraction of sp³-hybridized carbons (Fsp3) is 0.278. The van der Waals surface area contributed by atoms with Crippen LogP contribution in [0.25, 0.3) is 11.6 Å². The van der Waals surface area contributed by atoms with Crippen LogP contribution in [-0.4, -0.2) is 10.4 Å². The van der Waals surface area contributed by atoms with Crippen molar-refractivity contribution in [3.05, 3.63) is 54.9 Å². The summed E-state index contributed by atoms with van der Waals surface area (Å²) in [5.74, 6) is -1.90. The van der Waals surface area contributed by atoms with Crippen LogP contribution in [0.15, 0.2) is 23.0 Å². The molecule has 0 saturated carbocycles. The van der Waals surface area contributed by atoms with Gasteiger partial charge in [-0.2, -0.15) is 5.26 Å². The lowest BCUT2D eigenvalue weighted by atomic mass is 9.87. The van der Waals surface area contributed by atoms with E-state index in [0.29, 0.717) is 0 Å². The summed E-state index contributed by atoms with van der Waals surface area (Å²) in [6.07, 6.45) is 1.28. The topological polar surface area (TPSA) is 62.9 Å². The second-order valence-corrected chi connectivity index (χ2v) is 7.54. The Hall–Kier alpha value is -2.59. The van der Waals surface area contributed by atoms with E-state index in [1.54, 1.807) is 20.8 Å². The van der Waals surface area contributed by atoms with Crippen LogP contribution in [0, 0.1) is 28.4 Å². The first kappa shape index (κ1) is 18.7. The highest BCUT2D eigenvalue weighted by molar-refractivity contribution is 7.07. The van der Waals surface area contributed by atoms with Gasteiger partial charge in [0.1, 0.15) is 27.9 Å². The maximum Gasteiger partial charge on any atom is 0.268 e. The van der Waals surface area contributed by atoms with Gasteiger partial charge < -0.3 is 4.57 Å². The molecule has 1 aromatic carbocycles. The Morgan fingerprint density at radius 1 is 1.32 bits per heavy atom. The molecule has 0 amide bonds. The summed E-state index contributed by atoms with van der Waals surface area (Å²) in [7, 11) is 1.44. The Labute approximate surface area is 147 Å². The number of carbonyl (C=O) groups is 1. The lowest BCUT2D eigenvalue weighted by Crippen LogP contribution is -2.32. The van der Waals surface area contributed by atoms with Crippen LogP contribution in [0.1, 0.15) is 26.3 Å². The van der Waals surface area contributed by atoms with E-state index in [9.17, 15) is 23.6 Å². The number of hydrogen-bond donors (Lipinski definition) is 0. The first-order chi connectivity index (χ1) is 11.6. The summed E-state index contributed by atoms with van der Waals surface area (Å²) >= 11 is 0.925. The molecule has 0 spiro atoms. The molecule has 25 heavy (non-hydrogen) atoms. The van der Waals surface area contributed by atoms with E-state index in [1.165, 1.54) is 23.8 Å². The zero-order chi connectivity index (χ0) is 18.9. The molecule has 0 aliphatic heterocycles. The predicted octanol–water partition coefficient (Wildman–Crippen LogP) is 1.84. The molecule has 1 aromatic heterocycles. The van der Waals surface area contributed by atoms with Gasteiger partial charge in [0, 0.05) is 24.1 Å². The number of nitriles is 1. The summed E-state index contributed by atoms with van der Waals surface area (Å²) in [4.78, 5) is 24.8. The Balaban J connectivity index is 2.79. The third-order valence-electron chi connectivity index (χ3n) is 3.51. The summed E-state index contributed by atoms with van der Waals surface area (Å²) < 4.78 is 28.3. The normalized spacial score (nSPS) is 13.6. The van der Waals surface area contributed by atoms with Crippen molar-refractivity contribution in [3.8, 4) is 6.07 Å².